The molecule has 1 aromatic rings. The largest absolute Gasteiger partial charge is 0.463 e. The van der Waals surface area contributed by atoms with Gasteiger partial charge in [0.15, 0.2) is 12.4 Å². The summed E-state index contributed by atoms with van der Waals surface area (Å²) in [5.74, 6) is -1.14. The minimum absolute atomic E-state index is 0.00374. The van der Waals surface area contributed by atoms with E-state index in [0.29, 0.717) is 17.4 Å². The standard InChI is InChI=1S/C22H24O5/c1-12(2)27-22(25)20-15-9-8-14(16-10-17(15)16)19(20)21(24)26-11-18(23)13-6-4-3-5-7-13/h3-9,12,14-17,19-20H,10-11H2,1-2H3. The van der Waals surface area contributed by atoms with Crippen LogP contribution in [-0.4, -0.2) is 30.4 Å². The number of hydrogen-bond donors (Lipinski definition) is 0. The molecule has 2 saturated carbocycles. The monoisotopic (exact) mass is 368 g/mol. The first-order chi connectivity index (χ1) is 13.0. The van der Waals surface area contributed by atoms with E-state index in [1.807, 2.05) is 6.07 Å². The molecule has 0 spiro atoms. The van der Waals surface area contributed by atoms with Gasteiger partial charge in [0.25, 0.3) is 0 Å². The van der Waals surface area contributed by atoms with Crippen molar-refractivity contribution >= 4 is 17.7 Å². The van der Waals surface area contributed by atoms with Gasteiger partial charge in [-0.05, 0) is 43.9 Å². The number of fused-ring (bicyclic) bond motifs is 1. The number of benzene rings is 1. The summed E-state index contributed by atoms with van der Waals surface area (Å²) >= 11 is 0. The minimum Gasteiger partial charge on any atom is -0.463 e. The highest BCUT2D eigenvalue weighted by atomic mass is 16.5. The topological polar surface area (TPSA) is 69.7 Å². The number of allylic oxidation sites excluding steroid dienone is 2. The van der Waals surface area contributed by atoms with Gasteiger partial charge in [-0.25, -0.2) is 0 Å². The van der Waals surface area contributed by atoms with Crippen LogP contribution in [0.25, 0.3) is 0 Å². The first kappa shape index (κ1) is 18.0. The number of hydrogen-bond acceptors (Lipinski definition) is 5. The highest BCUT2D eigenvalue weighted by molar-refractivity contribution is 5.98. The van der Waals surface area contributed by atoms with Crippen LogP contribution in [0.5, 0.6) is 0 Å². The van der Waals surface area contributed by atoms with Gasteiger partial charge in [-0.3, -0.25) is 14.4 Å². The van der Waals surface area contributed by atoms with Crippen molar-refractivity contribution in [3.05, 3.63) is 48.0 Å². The van der Waals surface area contributed by atoms with Gasteiger partial charge in [0.2, 0.25) is 0 Å². The summed E-state index contributed by atoms with van der Waals surface area (Å²) in [6, 6.07) is 8.75. The van der Waals surface area contributed by atoms with Crippen molar-refractivity contribution in [1.29, 1.82) is 0 Å². The van der Waals surface area contributed by atoms with Crippen LogP contribution in [0.4, 0.5) is 0 Å². The second-order valence-electron chi connectivity index (χ2n) is 8.04. The molecule has 6 atom stereocenters. The zero-order valence-corrected chi connectivity index (χ0v) is 15.5. The second-order valence-corrected chi connectivity index (χ2v) is 8.04. The molecule has 2 bridgehead atoms. The van der Waals surface area contributed by atoms with E-state index in [-0.39, 0.29) is 36.3 Å². The summed E-state index contributed by atoms with van der Waals surface area (Å²) in [5.41, 5.74) is 0.508. The number of carbonyl (C=O) groups excluding carboxylic acids is 3. The van der Waals surface area contributed by atoms with Gasteiger partial charge < -0.3 is 9.47 Å². The second kappa shape index (κ2) is 6.95. The fourth-order valence-electron chi connectivity index (χ4n) is 4.77. The van der Waals surface area contributed by atoms with Crippen LogP contribution in [0.1, 0.15) is 30.6 Å². The Morgan fingerprint density at radius 2 is 1.56 bits per heavy atom. The molecule has 0 N–H and O–H groups in total. The maximum atomic E-state index is 12.9. The number of carbonyl (C=O) groups is 3. The van der Waals surface area contributed by atoms with E-state index >= 15 is 0 Å². The number of ether oxygens (including phenoxy) is 2. The van der Waals surface area contributed by atoms with Crippen LogP contribution < -0.4 is 0 Å². The first-order valence-corrected chi connectivity index (χ1v) is 9.61. The van der Waals surface area contributed by atoms with E-state index in [1.165, 1.54) is 0 Å². The van der Waals surface area contributed by atoms with E-state index in [1.54, 1.807) is 38.1 Å². The van der Waals surface area contributed by atoms with E-state index < -0.39 is 17.8 Å². The third kappa shape index (κ3) is 3.31. The summed E-state index contributed by atoms with van der Waals surface area (Å²) in [5, 5.41) is 0. The molecular formula is C22H24O5. The van der Waals surface area contributed by atoms with E-state index in [0.717, 1.165) is 6.42 Å². The molecule has 2 fully saturated rings. The average Bonchev–Trinajstić information content (AvgIpc) is 3.48. The molecule has 0 radical (unpaired) electrons. The predicted octanol–water partition coefficient (Wildman–Crippen LogP) is 3.05. The van der Waals surface area contributed by atoms with Crippen LogP contribution in [0.2, 0.25) is 0 Å². The van der Waals surface area contributed by atoms with Gasteiger partial charge >= 0.3 is 11.9 Å². The Morgan fingerprint density at radius 3 is 2.15 bits per heavy atom. The number of ketones is 1. The normalized spacial score (nSPS) is 32.7. The third-order valence-corrected chi connectivity index (χ3v) is 5.99. The smallest absolute Gasteiger partial charge is 0.310 e. The lowest BCUT2D eigenvalue weighted by molar-refractivity contribution is -0.169. The molecule has 1 aromatic carbocycles. The SMILES string of the molecule is CC(C)OC(=O)C1C2C=CC(C3CC23)C1C(=O)OCC(=O)c1ccccc1. The highest BCUT2D eigenvalue weighted by Crippen LogP contribution is 2.63. The Labute approximate surface area is 158 Å². The zero-order chi connectivity index (χ0) is 19.1. The van der Waals surface area contributed by atoms with Gasteiger partial charge in [0, 0.05) is 5.56 Å². The van der Waals surface area contributed by atoms with Crippen molar-refractivity contribution < 1.29 is 23.9 Å². The van der Waals surface area contributed by atoms with E-state index in [2.05, 4.69) is 12.2 Å². The number of rotatable bonds is 6. The number of Topliss-reactive ketones (excluding diaryl/α,β-unsaturated/α-hetero) is 1. The molecule has 5 rings (SSSR count). The van der Waals surface area contributed by atoms with Gasteiger partial charge in [-0.2, -0.15) is 0 Å². The summed E-state index contributed by atoms with van der Waals surface area (Å²) in [6.45, 7) is 3.31. The molecule has 5 heteroatoms. The van der Waals surface area contributed by atoms with Crippen LogP contribution >= 0.6 is 0 Å². The molecule has 0 heterocycles. The summed E-state index contributed by atoms with van der Waals surface area (Å²) in [7, 11) is 0. The van der Waals surface area contributed by atoms with Crippen molar-refractivity contribution in [3.63, 3.8) is 0 Å². The van der Waals surface area contributed by atoms with Crippen molar-refractivity contribution in [2.24, 2.45) is 35.5 Å². The van der Waals surface area contributed by atoms with Crippen molar-refractivity contribution in [3.8, 4) is 0 Å². The lowest BCUT2D eigenvalue weighted by Crippen LogP contribution is -2.48. The number of esters is 2. The maximum Gasteiger partial charge on any atom is 0.310 e. The van der Waals surface area contributed by atoms with Gasteiger partial charge in [0.1, 0.15) is 0 Å². The summed E-state index contributed by atoms with van der Waals surface area (Å²) < 4.78 is 10.8. The van der Waals surface area contributed by atoms with Crippen LogP contribution in [-0.2, 0) is 19.1 Å². The van der Waals surface area contributed by atoms with Gasteiger partial charge in [-0.15, -0.1) is 0 Å². The Balaban J connectivity index is 1.48. The summed E-state index contributed by atoms with van der Waals surface area (Å²) in [4.78, 5) is 37.8. The minimum atomic E-state index is -0.557. The maximum absolute atomic E-state index is 12.9. The van der Waals surface area contributed by atoms with Crippen LogP contribution in [0.15, 0.2) is 42.5 Å². The average molecular weight is 368 g/mol. The predicted molar refractivity (Wildman–Crippen MR) is 97.7 cm³/mol. The Morgan fingerprint density at radius 1 is 0.963 bits per heavy atom. The van der Waals surface area contributed by atoms with Crippen LogP contribution in [0.3, 0.4) is 0 Å². The van der Waals surface area contributed by atoms with E-state index in [4.69, 9.17) is 9.47 Å². The molecule has 27 heavy (non-hydrogen) atoms. The van der Waals surface area contributed by atoms with Crippen molar-refractivity contribution in [2.45, 2.75) is 26.4 Å². The Bertz CT molecular complexity index is 781. The molecule has 6 unspecified atom stereocenters. The van der Waals surface area contributed by atoms with Gasteiger partial charge in [0.05, 0.1) is 17.9 Å². The van der Waals surface area contributed by atoms with Gasteiger partial charge in [-0.1, -0.05) is 42.5 Å². The lowest BCUT2D eigenvalue weighted by atomic mass is 9.62. The fraction of sp³-hybridized carbons (Fsp3) is 0.500. The quantitative estimate of drug-likeness (QED) is 0.438. The molecule has 4 aliphatic rings. The molecular weight excluding hydrogens is 344 g/mol. The first-order valence-electron chi connectivity index (χ1n) is 9.61. The fourth-order valence-corrected chi connectivity index (χ4v) is 4.77. The Hall–Kier alpha value is -2.43. The zero-order valence-electron chi connectivity index (χ0n) is 15.5. The van der Waals surface area contributed by atoms with Crippen molar-refractivity contribution in [2.75, 3.05) is 6.61 Å². The lowest BCUT2D eigenvalue weighted by Gasteiger charge is -2.41. The highest BCUT2D eigenvalue weighted by Gasteiger charge is 2.63. The van der Waals surface area contributed by atoms with Crippen LogP contribution in [0, 0.1) is 35.5 Å². The molecule has 0 saturated heterocycles. The van der Waals surface area contributed by atoms with E-state index in [9.17, 15) is 14.4 Å². The molecule has 5 nitrogen and oxygen atoms in total. The molecule has 4 aliphatic carbocycles. The molecule has 0 aliphatic heterocycles. The third-order valence-electron chi connectivity index (χ3n) is 5.99. The molecule has 0 amide bonds. The summed E-state index contributed by atoms with van der Waals surface area (Å²) in [6.07, 6.45) is 4.95. The molecule has 0 aromatic heterocycles. The van der Waals surface area contributed by atoms with Crippen molar-refractivity contribution in [1.82, 2.24) is 0 Å². The Kier molecular flexibility index (Phi) is 4.62. The molecule has 142 valence electrons.